The minimum Gasteiger partial charge on any atom is -0.389 e. The van der Waals surface area contributed by atoms with Gasteiger partial charge in [-0.1, -0.05) is 20.3 Å². The lowest BCUT2D eigenvalue weighted by Gasteiger charge is -2.06. The van der Waals surface area contributed by atoms with Gasteiger partial charge in [0, 0.05) is 4.24 Å². The van der Waals surface area contributed by atoms with Crippen molar-refractivity contribution in [2.75, 3.05) is 12.0 Å². The molecule has 0 heterocycles. The highest BCUT2D eigenvalue weighted by atomic mass is 32.2. The molecule has 0 amide bonds. The average Bonchev–Trinajstić information content (AvgIpc) is 2.16. The summed E-state index contributed by atoms with van der Waals surface area (Å²) in [4.78, 5) is 0. The summed E-state index contributed by atoms with van der Waals surface area (Å²) in [5.41, 5.74) is 0. The lowest BCUT2D eigenvalue weighted by Crippen LogP contribution is -1.99. The van der Waals surface area contributed by atoms with Crippen molar-refractivity contribution in [3.8, 4) is 0 Å². The topological polar surface area (TPSA) is 20.2 Å². The van der Waals surface area contributed by atoms with Crippen LogP contribution in [0.5, 0.6) is 0 Å². The summed E-state index contributed by atoms with van der Waals surface area (Å²) in [6.07, 6.45) is 7.06. The monoisotopic (exact) mass is 220 g/mol. The molecule has 1 atom stereocenters. The van der Waals surface area contributed by atoms with Crippen LogP contribution in [-0.2, 0) is 0 Å². The van der Waals surface area contributed by atoms with Crippen LogP contribution in [0, 0.1) is 0 Å². The van der Waals surface area contributed by atoms with Crippen LogP contribution < -0.4 is 0 Å². The molecule has 0 aliphatic rings. The largest absolute Gasteiger partial charge is 0.389 e. The minimum absolute atomic E-state index is 0.267. The van der Waals surface area contributed by atoms with Gasteiger partial charge >= 0.3 is 0 Å². The molecule has 0 radical (unpaired) electrons. The molecular formula is C10H20OS2. The van der Waals surface area contributed by atoms with Crippen molar-refractivity contribution in [3.63, 3.8) is 0 Å². The van der Waals surface area contributed by atoms with E-state index in [1.807, 2.05) is 24.8 Å². The van der Waals surface area contributed by atoms with Gasteiger partial charge in [-0.15, -0.1) is 23.5 Å². The zero-order valence-electron chi connectivity index (χ0n) is 8.75. The first-order valence-electron chi connectivity index (χ1n) is 4.81. The van der Waals surface area contributed by atoms with Crippen molar-refractivity contribution >= 4 is 23.5 Å². The fourth-order valence-corrected chi connectivity index (χ4v) is 2.67. The van der Waals surface area contributed by atoms with E-state index in [4.69, 9.17) is 0 Å². The molecular weight excluding hydrogens is 200 g/mol. The van der Waals surface area contributed by atoms with Crippen LogP contribution in [0.4, 0.5) is 0 Å². The van der Waals surface area contributed by atoms with Gasteiger partial charge in [0.1, 0.15) is 0 Å². The molecule has 1 N–H and O–H groups in total. The third-order valence-corrected chi connectivity index (χ3v) is 4.00. The second kappa shape index (κ2) is 8.97. The molecule has 0 fully saturated rings. The third kappa shape index (κ3) is 7.47. The van der Waals surface area contributed by atoms with Crippen molar-refractivity contribution in [2.24, 2.45) is 0 Å². The van der Waals surface area contributed by atoms with E-state index in [9.17, 15) is 5.11 Å². The molecule has 0 rings (SSSR count). The Morgan fingerprint density at radius 1 is 1.46 bits per heavy atom. The molecule has 0 aromatic rings. The summed E-state index contributed by atoms with van der Waals surface area (Å²) in [5, 5.41) is 9.41. The van der Waals surface area contributed by atoms with Crippen LogP contribution in [0.25, 0.3) is 0 Å². The van der Waals surface area contributed by atoms with Gasteiger partial charge in [0.2, 0.25) is 0 Å². The van der Waals surface area contributed by atoms with E-state index in [2.05, 4.69) is 13.2 Å². The number of aliphatic hydroxyl groups excluding tert-OH is 1. The predicted molar refractivity (Wildman–Crippen MR) is 65.3 cm³/mol. The summed E-state index contributed by atoms with van der Waals surface area (Å²) in [7, 11) is 0. The first-order valence-corrected chi connectivity index (χ1v) is 7.02. The second-order valence-electron chi connectivity index (χ2n) is 2.87. The van der Waals surface area contributed by atoms with Gasteiger partial charge in [-0.25, -0.2) is 0 Å². The highest BCUT2D eigenvalue weighted by Crippen LogP contribution is 2.27. The number of hydrogen-bond acceptors (Lipinski definition) is 3. The number of unbranched alkanes of at least 4 members (excludes halogenated alkanes) is 1. The highest BCUT2D eigenvalue weighted by Gasteiger charge is 2.00. The van der Waals surface area contributed by atoms with Gasteiger partial charge in [-0.05, 0) is 30.9 Å². The van der Waals surface area contributed by atoms with Crippen molar-refractivity contribution < 1.29 is 5.11 Å². The summed E-state index contributed by atoms with van der Waals surface area (Å²) in [6, 6.07) is 0. The first-order chi connectivity index (χ1) is 6.24. The Balaban J connectivity index is 3.79. The van der Waals surface area contributed by atoms with E-state index in [-0.39, 0.29) is 6.10 Å². The van der Waals surface area contributed by atoms with E-state index >= 15 is 0 Å². The van der Waals surface area contributed by atoms with Crippen LogP contribution in [0.15, 0.2) is 10.3 Å². The molecule has 13 heavy (non-hydrogen) atoms. The van der Waals surface area contributed by atoms with Gasteiger partial charge in [0.05, 0.1) is 6.10 Å². The van der Waals surface area contributed by atoms with Crippen molar-refractivity contribution in [1.29, 1.82) is 0 Å². The number of hydrogen-bond donors (Lipinski definition) is 1. The Morgan fingerprint density at radius 3 is 2.62 bits per heavy atom. The van der Waals surface area contributed by atoms with Crippen molar-refractivity contribution in [1.82, 2.24) is 0 Å². The quantitative estimate of drug-likeness (QED) is 0.663. The molecule has 3 heteroatoms. The third-order valence-electron chi connectivity index (χ3n) is 1.69. The summed E-state index contributed by atoms with van der Waals surface area (Å²) < 4.78 is 1.25. The zero-order valence-corrected chi connectivity index (χ0v) is 10.4. The Hall–Kier alpha value is 0.400. The number of rotatable bonds is 7. The molecule has 0 bridgehead atoms. The number of aliphatic hydroxyl groups is 1. The van der Waals surface area contributed by atoms with Crippen molar-refractivity contribution in [2.45, 2.75) is 39.2 Å². The molecule has 0 saturated heterocycles. The van der Waals surface area contributed by atoms with E-state index in [1.54, 1.807) is 11.8 Å². The van der Waals surface area contributed by atoms with Gasteiger partial charge < -0.3 is 5.11 Å². The predicted octanol–water partition coefficient (Wildman–Crippen LogP) is 3.50. The molecule has 0 aromatic carbocycles. The Labute approximate surface area is 90.4 Å². The molecule has 0 spiro atoms. The molecule has 0 aliphatic heterocycles. The van der Waals surface area contributed by atoms with Crippen LogP contribution >= 0.6 is 23.5 Å². The lowest BCUT2D eigenvalue weighted by atomic mass is 10.3. The maximum atomic E-state index is 9.41. The van der Waals surface area contributed by atoms with E-state index in [1.165, 1.54) is 22.8 Å². The minimum atomic E-state index is -0.267. The van der Waals surface area contributed by atoms with Gasteiger partial charge in [-0.3, -0.25) is 0 Å². The summed E-state index contributed by atoms with van der Waals surface area (Å²) in [6.45, 7) is 4.19. The molecule has 0 aromatic heterocycles. The smallest absolute Gasteiger partial charge is 0.0737 e. The fraction of sp³-hybridized carbons (Fsp3) is 0.800. The van der Waals surface area contributed by atoms with Crippen LogP contribution in [0.2, 0.25) is 0 Å². The summed E-state index contributed by atoms with van der Waals surface area (Å²) >= 11 is 3.58. The maximum Gasteiger partial charge on any atom is 0.0737 e. The Morgan fingerprint density at radius 2 is 2.15 bits per heavy atom. The van der Waals surface area contributed by atoms with Crippen molar-refractivity contribution in [3.05, 3.63) is 10.3 Å². The Bertz CT molecular complexity index is 146. The average molecular weight is 220 g/mol. The van der Waals surface area contributed by atoms with E-state index in [0.717, 1.165) is 6.42 Å². The molecule has 0 saturated carbocycles. The zero-order chi connectivity index (χ0) is 10.1. The van der Waals surface area contributed by atoms with Crippen LogP contribution in [0.3, 0.4) is 0 Å². The normalized spacial score (nSPS) is 14.6. The molecule has 0 aliphatic carbocycles. The van der Waals surface area contributed by atoms with Crippen LogP contribution in [0.1, 0.15) is 33.1 Å². The second-order valence-corrected chi connectivity index (χ2v) is 5.11. The van der Waals surface area contributed by atoms with Crippen LogP contribution in [-0.4, -0.2) is 23.2 Å². The molecule has 1 nitrogen and oxygen atoms in total. The van der Waals surface area contributed by atoms with E-state index in [0.29, 0.717) is 0 Å². The van der Waals surface area contributed by atoms with Gasteiger partial charge in [0.15, 0.2) is 0 Å². The first kappa shape index (κ1) is 13.4. The van der Waals surface area contributed by atoms with Gasteiger partial charge in [0.25, 0.3) is 0 Å². The number of thioether (sulfide) groups is 2. The lowest BCUT2D eigenvalue weighted by molar-refractivity contribution is 0.219. The standard InChI is InChI=1S/C10H20OS2/c1-4-6-7-13-10(12-3)8-9(11)5-2/h8-9,11H,4-7H2,1-3H3/b10-8+. The highest BCUT2D eigenvalue weighted by molar-refractivity contribution is 8.21. The van der Waals surface area contributed by atoms with Gasteiger partial charge in [-0.2, -0.15) is 0 Å². The molecule has 78 valence electrons. The Kier molecular flexibility index (Phi) is 9.25. The SMILES string of the molecule is CCCCS/C(=C/C(O)CC)SC. The van der Waals surface area contributed by atoms with E-state index < -0.39 is 0 Å². The maximum absolute atomic E-state index is 9.41. The summed E-state index contributed by atoms with van der Waals surface area (Å²) in [5.74, 6) is 1.17. The molecule has 1 unspecified atom stereocenters. The fourth-order valence-electron chi connectivity index (χ4n) is 0.767.